The van der Waals surface area contributed by atoms with Crippen LogP contribution in [0, 0.1) is 5.92 Å². The molecule has 23 heavy (non-hydrogen) atoms. The number of amides is 2. The number of carbonyl (C=O) groups is 2. The number of fused-ring (bicyclic) bond motifs is 1. The zero-order chi connectivity index (χ0) is 16.1. The van der Waals surface area contributed by atoms with E-state index in [1.54, 1.807) is 0 Å². The summed E-state index contributed by atoms with van der Waals surface area (Å²) in [6.45, 7) is 2.54. The van der Waals surface area contributed by atoms with Crippen molar-refractivity contribution in [1.82, 2.24) is 4.90 Å². The lowest BCUT2D eigenvalue weighted by Crippen LogP contribution is -2.42. The van der Waals surface area contributed by atoms with Gasteiger partial charge in [-0.1, -0.05) is 0 Å². The molecule has 5 nitrogen and oxygen atoms in total. The molecule has 0 spiro atoms. The molecular formula is C18H23N3O2. The van der Waals surface area contributed by atoms with E-state index >= 15 is 0 Å². The minimum atomic E-state index is -0.0324. The van der Waals surface area contributed by atoms with Gasteiger partial charge in [0, 0.05) is 24.7 Å². The summed E-state index contributed by atoms with van der Waals surface area (Å²) in [4.78, 5) is 28.8. The third-order valence-corrected chi connectivity index (χ3v) is 5.23. The average Bonchev–Trinajstić information content (AvgIpc) is 3.37. The zero-order valence-electron chi connectivity index (χ0n) is 13.7. The molecule has 1 aromatic rings. The summed E-state index contributed by atoms with van der Waals surface area (Å²) >= 11 is 0. The van der Waals surface area contributed by atoms with Crippen LogP contribution in [-0.2, 0) is 4.79 Å². The van der Waals surface area contributed by atoms with Crippen LogP contribution in [0.3, 0.4) is 0 Å². The van der Waals surface area contributed by atoms with Crippen LogP contribution in [-0.4, -0.2) is 42.4 Å². The second kappa shape index (κ2) is 5.25. The van der Waals surface area contributed by atoms with Crippen LogP contribution in [0.4, 0.5) is 11.4 Å². The van der Waals surface area contributed by atoms with Crippen molar-refractivity contribution in [2.45, 2.75) is 44.7 Å². The molecule has 2 aliphatic carbocycles. The summed E-state index contributed by atoms with van der Waals surface area (Å²) < 4.78 is 0. The highest BCUT2D eigenvalue weighted by molar-refractivity contribution is 6.04. The fourth-order valence-corrected chi connectivity index (χ4v) is 3.58. The minimum Gasteiger partial charge on any atom is -0.364 e. The highest BCUT2D eigenvalue weighted by Crippen LogP contribution is 2.41. The molecule has 1 unspecified atom stereocenters. The highest BCUT2D eigenvalue weighted by atomic mass is 16.2. The maximum atomic E-state index is 13.0. The molecule has 0 saturated heterocycles. The first kappa shape index (κ1) is 14.5. The van der Waals surface area contributed by atoms with Gasteiger partial charge in [-0.15, -0.1) is 0 Å². The van der Waals surface area contributed by atoms with E-state index in [0.29, 0.717) is 30.1 Å². The van der Waals surface area contributed by atoms with Gasteiger partial charge in [-0.05, 0) is 56.7 Å². The highest BCUT2D eigenvalue weighted by Gasteiger charge is 2.42. The van der Waals surface area contributed by atoms with Crippen LogP contribution in [0.5, 0.6) is 0 Å². The number of carbonyl (C=O) groups excluding carboxylic acids is 2. The van der Waals surface area contributed by atoms with Crippen molar-refractivity contribution in [3.8, 4) is 0 Å². The van der Waals surface area contributed by atoms with Crippen molar-refractivity contribution >= 4 is 23.2 Å². The predicted molar refractivity (Wildman–Crippen MR) is 89.7 cm³/mol. The van der Waals surface area contributed by atoms with E-state index in [2.05, 4.69) is 17.1 Å². The number of nitrogens with one attached hydrogen (secondary N) is 1. The molecular weight excluding hydrogens is 290 g/mol. The van der Waals surface area contributed by atoms with E-state index in [1.165, 1.54) is 12.8 Å². The normalized spacial score (nSPS) is 21.5. The first-order valence-corrected chi connectivity index (χ1v) is 8.52. The van der Waals surface area contributed by atoms with Gasteiger partial charge in [-0.25, -0.2) is 0 Å². The Bertz CT molecular complexity index is 664. The van der Waals surface area contributed by atoms with E-state index in [9.17, 15) is 9.59 Å². The van der Waals surface area contributed by atoms with Gasteiger partial charge in [-0.3, -0.25) is 9.59 Å². The molecule has 1 heterocycles. The molecule has 1 atom stereocenters. The summed E-state index contributed by atoms with van der Waals surface area (Å²) in [5.74, 6) is 0.746. The Morgan fingerprint density at radius 1 is 1.30 bits per heavy atom. The smallest absolute Gasteiger partial charge is 0.254 e. The molecule has 122 valence electrons. The minimum absolute atomic E-state index is 0.0324. The van der Waals surface area contributed by atoms with Gasteiger partial charge in [0.1, 0.15) is 0 Å². The van der Waals surface area contributed by atoms with E-state index in [-0.39, 0.29) is 11.8 Å². The Morgan fingerprint density at radius 3 is 2.70 bits per heavy atom. The molecule has 0 radical (unpaired) electrons. The fraction of sp³-hybridized carbons (Fsp3) is 0.556. The van der Waals surface area contributed by atoms with E-state index in [1.807, 2.05) is 30.1 Å². The maximum absolute atomic E-state index is 13.0. The number of hydrogen-bond acceptors (Lipinski definition) is 3. The maximum Gasteiger partial charge on any atom is 0.254 e. The van der Waals surface area contributed by atoms with Crippen LogP contribution in [0.15, 0.2) is 18.2 Å². The number of benzene rings is 1. The number of likely N-dealkylation sites (N-methyl/N-ethyl adjacent to an activating group) is 1. The molecule has 4 rings (SSSR count). The topological polar surface area (TPSA) is 52.7 Å². The van der Waals surface area contributed by atoms with Crippen LogP contribution in [0.2, 0.25) is 0 Å². The standard InChI is InChI=1S/C18H23N3O2/c1-11(12-3-4-12)21(14-6-7-14)18(23)13-5-8-16-15(9-13)19-17(22)10-20(16)2/h5,8-9,11-12,14H,3-4,6-7,10H2,1-2H3,(H,19,22). The van der Waals surface area contributed by atoms with E-state index < -0.39 is 0 Å². The van der Waals surface area contributed by atoms with Gasteiger partial charge in [0.15, 0.2) is 0 Å². The largest absolute Gasteiger partial charge is 0.364 e. The monoisotopic (exact) mass is 313 g/mol. The van der Waals surface area contributed by atoms with Crippen molar-refractivity contribution in [1.29, 1.82) is 0 Å². The number of anilines is 2. The van der Waals surface area contributed by atoms with Gasteiger partial charge in [0.2, 0.25) is 5.91 Å². The number of rotatable bonds is 4. The summed E-state index contributed by atoms with van der Waals surface area (Å²) in [6, 6.07) is 6.40. The van der Waals surface area contributed by atoms with Crippen molar-refractivity contribution < 1.29 is 9.59 Å². The molecule has 5 heteroatoms. The Labute approximate surface area is 136 Å². The van der Waals surface area contributed by atoms with Crippen LogP contribution in [0.1, 0.15) is 43.0 Å². The van der Waals surface area contributed by atoms with Gasteiger partial charge in [-0.2, -0.15) is 0 Å². The molecule has 1 aromatic carbocycles. The van der Waals surface area contributed by atoms with Gasteiger partial charge in [0.25, 0.3) is 5.91 Å². The van der Waals surface area contributed by atoms with Gasteiger partial charge in [0.05, 0.1) is 17.9 Å². The first-order valence-electron chi connectivity index (χ1n) is 8.52. The summed E-state index contributed by atoms with van der Waals surface area (Å²) in [5, 5.41) is 2.88. The Balaban J connectivity index is 1.62. The van der Waals surface area contributed by atoms with E-state index in [0.717, 1.165) is 24.2 Å². The lowest BCUT2D eigenvalue weighted by Gasteiger charge is -2.31. The summed E-state index contributed by atoms with van der Waals surface area (Å²) in [5.41, 5.74) is 2.39. The number of nitrogens with zero attached hydrogens (tertiary/aromatic N) is 2. The van der Waals surface area contributed by atoms with Gasteiger partial charge >= 0.3 is 0 Å². The third kappa shape index (κ3) is 2.69. The van der Waals surface area contributed by atoms with Crippen LogP contribution in [0.25, 0.3) is 0 Å². The van der Waals surface area contributed by atoms with Crippen molar-refractivity contribution in [2.75, 3.05) is 23.8 Å². The Hall–Kier alpha value is -2.04. The molecule has 1 N–H and O–H groups in total. The molecule has 0 bridgehead atoms. The molecule has 2 fully saturated rings. The summed E-state index contributed by atoms with van der Waals surface area (Å²) in [7, 11) is 1.89. The van der Waals surface area contributed by atoms with Crippen molar-refractivity contribution in [3.05, 3.63) is 23.8 Å². The molecule has 3 aliphatic rings. The lowest BCUT2D eigenvalue weighted by atomic mass is 10.1. The van der Waals surface area contributed by atoms with Crippen molar-refractivity contribution in [2.24, 2.45) is 5.92 Å². The third-order valence-electron chi connectivity index (χ3n) is 5.23. The summed E-state index contributed by atoms with van der Waals surface area (Å²) in [6.07, 6.45) is 4.71. The lowest BCUT2D eigenvalue weighted by molar-refractivity contribution is -0.115. The quantitative estimate of drug-likeness (QED) is 0.929. The Morgan fingerprint density at radius 2 is 2.04 bits per heavy atom. The average molecular weight is 313 g/mol. The SMILES string of the molecule is CC(C1CC1)N(C(=O)c1ccc2c(c1)NC(=O)CN2C)C1CC1. The zero-order valence-corrected chi connectivity index (χ0v) is 13.7. The second-order valence-corrected chi connectivity index (χ2v) is 7.16. The predicted octanol–water partition coefficient (Wildman–Crippen LogP) is 2.48. The van der Waals surface area contributed by atoms with Crippen LogP contribution < -0.4 is 10.2 Å². The van der Waals surface area contributed by atoms with Crippen molar-refractivity contribution in [3.63, 3.8) is 0 Å². The fourth-order valence-electron chi connectivity index (χ4n) is 3.58. The molecule has 0 aromatic heterocycles. The number of hydrogen-bond donors (Lipinski definition) is 1. The van der Waals surface area contributed by atoms with Gasteiger partial charge < -0.3 is 15.1 Å². The van der Waals surface area contributed by atoms with E-state index in [4.69, 9.17) is 0 Å². The first-order chi connectivity index (χ1) is 11.0. The molecule has 2 saturated carbocycles. The molecule has 1 aliphatic heterocycles. The second-order valence-electron chi connectivity index (χ2n) is 7.16. The molecule has 2 amide bonds. The van der Waals surface area contributed by atoms with Crippen LogP contribution >= 0.6 is 0 Å². The Kier molecular flexibility index (Phi) is 3.32.